The molecule has 5 heteroatoms. The highest BCUT2D eigenvalue weighted by molar-refractivity contribution is 5.56. The molecule has 0 amide bonds. The zero-order valence-electron chi connectivity index (χ0n) is 9.18. The molecule has 1 heterocycles. The van der Waals surface area contributed by atoms with E-state index in [1.54, 1.807) is 24.5 Å². The second-order valence-corrected chi connectivity index (χ2v) is 2.80. The van der Waals surface area contributed by atoms with Gasteiger partial charge in [-0.15, -0.1) is 0 Å². The van der Waals surface area contributed by atoms with Gasteiger partial charge in [-0.3, -0.25) is 4.98 Å². The molecule has 0 bridgehead atoms. The van der Waals surface area contributed by atoms with Crippen LogP contribution in [0.5, 0.6) is 0 Å². The highest BCUT2D eigenvalue weighted by Crippen LogP contribution is 2.11. The molecular weight excluding hydrogens is 208 g/mol. The molecule has 86 valence electrons. The molecule has 0 radical (unpaired) electrons. The van der Waals surface area contributed by atoms with E-state index in [4.69, 9.17) is 14.7 Å². The lowest BCUT2D eigenvalue weighted by atomic mass is 10.2. The lowest BCUT2D eigenvalue weighted by Gasteiger charge is -2.11. The van der Waals surface area contributed by atoms with E-state index in [2.05, 4.69) is 4.98 Å². The minimum Gasteiger partial charge on any atom is -0.412 e. The van der Waals surface area contributed by atoms with Gasteiger partial charge in [-0.1, -0.05) is 6.07 Å². The normalized spacial score (nSPS) is 10.8. The van der Waals surface area contributed by atoms with Crippen molar-refractivity contribution in [1.29, 1.82) is 5.26 Å². The fourth-order valence-electron chi connectivity index (χ4n) is 1.14. The van der Waals surface area contributed by atoms with Crippen LogP contribution in [0.15, 0.2) is 30.1 Å². The van der Waals surface area contributed by atoms with Gasteiger partial charge < -0.3 is 14.9 Å². The maximum absolute atomic E-state index is 8.92. The Bertz CT molecular complexity index is 367. The molecule has 0 unspecified atom stereocenters. The fourth-order valence-corrected chi connectivity index (χ4v) is 1.14. The van der Waals surface area contributed by atoms with Crippen LogP contribution in [0.3, 0.4) is 0 Å². The molecule has 16 heavy (non-hydrogen) atoms. The first-order valence-corrected chi connectivity index (χ1v) is 4.39. The molecule has 1 aromatic heterocycles. The number of hydrogen-bond donors (Lipinski definition) is 0. The van der Waals surface area contributed by atoms with Crippen molar-refractivity contribution in [2.45, 2.75) is 6.29 Å². The molecule has 2 N–H and O–H groups in total. The van der Waals surface area contributed by atoms with Gasteiger partial charge in [-0.25, -0.2) is 0 Å². The molecule has 0 aromatic carbocycles. The molecule has 0 aliphatic heterocycles. The number of aromatic nitrogens is 1. The summed E-state index contributed by atoms with van der Waals surface area (Å²) in [6.45, 7) is 0. The Balaban J connectivity index is 0.00000225. The van der Waals surface area contributed by atoms with E-state index in [1.165, 1.54) is 14.2 Å². The Morgan fingerprint density at radius 3 is 2.62 bits per heavy atom. The fraction of sp³-hybridized carbons (Fsp3) is 0.273. The van der Waals surface area contributed by atoms with Gasteiger partial charge in [-0.2, -0.15) is 5.26 Å². The van der Waals surface area contributed by atoms with Crippen molar-refractivity contribution in [3.63, 3.8) is 0 Å². The van der Waals surface area contributed by atoms with Crippen molar-refractivity contribution in [1.82, 2.24) is 4.98 Å². The Morgan fingerprint density at radius 1 is 1.50 bits per heavy atom. The van der Waals surface area contributed by atoms with Gasteiger partial charge in [0.15, 0.2) is 6.29 Å². The number of methoxy groups -OCH3 is 2. The summed E-state index contributed by atoms with van der Waals surface area (Å²) in [5.74, 6) is 0. The maximum Gasteiger partial charge on any atom is 0.193 e. The van der Waals surface area contributed by atoms with Crippen LogP contribution in [0.1, 0.15) is 5.56 Å². The van der Waals surface area contributed by atoms with Crippen molar-refractivity contribution in [2.75, 3.05) is 14.2 Å². The minimum absolute atomic E-state index is 0. The molecule has 0 saturated carbocycles. The molecule has 1 rings (SSSR count). The van der Waals surface area contributed by atoms with E-state index in [-0.39, 0.29) is 5.48 Å². The second-order valence-electron chi connectivity index (χ2n) is 2.80. The average Bonchev–Trinajstić information content (AvgIpc) is 2.30. The van der Waals surface area contributed by atoms with Gasteiger partial charge in [0.25, 0.3) is 0 Å². The summed E-state index contributed by atoms with van der Waals surface area (Å²) in [4.78, 5) is 3.95. The largest absolute Gasteiger partial charge is 0.412 e. The van der Waals surface area contributed by atoms with Gasteiger partial charge >= 0.3 is 0 Å². The Labute approximate surface area is 94.3 Å². The lowest BCUT2D eigenvalue weighted by molar-refractivity contribution is -0.0712. The maximum atomic E-state index is 8.92. The first-order chi connectivity index (χ1) is 7.31. The third kappa shape index (κ3) is 3.79. The first kappa shape index (κ1) is 14.3. The average molecular weight is 222 g/mol. The topological polar surface area (TPSA) is 86.6 Å². The van der Waals surface area contributed by atoms with Crippen molar-refractivity contribution >= 4 is 6.08 Å². The van der Waals surface area contributed by atoms with Crippen LogP contribution in [0.4, 0.5) is 0 Å². The summed E-state index contributed by atoms with van der Waals surface area (Å²) in [5.41, 5.74) is 1.25. The standard InChI is InChI=1S/C11H12N2O2.H2O/c1-14-11(15-2)10(7-12)6-9-4-3-5-13-8-9;/h3-6,8,11H,1-2H3;1H2/b10-6+;. The van der Waals surface area contributed by atoms with Crippen LogP contribution in [0.25, 0.3) is 6.08 Å². The molecule has 0 atom stereocenters. The summed E-state index contributed by atoms with van der Waals surface area (Å²) in [7, 11) is 2.98. The summed E-state index contributed by atoms with van der Waals surface area (Å²) in [6.07, 6.45) is 4.40. The van der Waals surface area contributed by atoms with Crippen LogP contribution in [-0.4, -0.2) is 31.0 Å². The lowest BCUT2D eigenvalue weighted by Crippen LogP contribution is -2.14. The van der Waals surface area contributed by atoms with Crippen molar-refractivity contribution < 1.29 is 14.9 Å². The van der Waals surface area contributed by atoms with Crippen LogP contribution >= 0.6 is 0 Å². The number of pyridine rings is 1. The summed E-state index contributed by atoms with van der Waals surface area (Å²) in [5, 5.41) is 8.92. The van der Waals surface area contributed by atoms with Crippen LogP contribution in [0, 0.1) is 11.3 Å². The van der Waals surface area contributed by atoms with E-state index in [1.807, 2.05) is 12.1 Å². The van der Waals surface area contributed by atoms with Gasteiger partial charge in [0, 0.05) is 26.6 Å². The molecule has 5 nitrogen and oxygen atoms in total. The van der Waals surface area contributed by atoms with Gasteiger partial charge in [0.2, 0.25) is 0 Å². The van der Waals surface area contributed by atoms with E-state index < -0.39 is 6.29 Å². The number of nitriles is 1. The molecule has 0 aliphatic rings. The highest BCUT2D eigenvalue weighted by Gasteiger charge is 2.11. The monoisotopic (exact) mass is 222 g/mol. The molecule has 1 aromatic rings. The zero-order chi connectivity index (χ0) is 11.1. The molecule has 0 fully saturated rings. The first-order valence-electron chi connectivity index (χ1n) is 4.39. The molecule has 0 aliphatic carbocycles. The van der Waals surface area contributed by atoms with Crippen LogP contribution < -0.4 is 0 Å². The van der Waals surface area contributed by atoms with Crippen LogP contribution in [-0.2, 0) is 9.47 Å². The highest BCUT2D eigenvalue weighted by atomic mass is 16.7. The third-order valence-electron chi connectivity index (χ3n) is 1.82. The van der Waals surface area contributed by atoms with Gasteiger partial charge in [0.1, 0.15) is 6.07 Å². The van der Waals surface area contributed by atoms with E-state index in [0.717, 1.165) is 5.56 Å². The SMILES string of the molecule is COC(OC)/C(C#N)=C/c1cccnc1.O. The molecule has 0 saturated heterocycles. The molecular formula is C11H14N2O3. The van der Waals surface area contributed by atoms with Crippen molar-refractivity contribution in [3.05, 3.63) is 35.7 Å². The predicted molar refractivity (Wildman–Crippen MR) is 59.2 cm³/mol. The number of rotatable bonds is 4. The number of ether oxygens (including phenoxy) is 2. The Morgan fingerprint density at radius 2 is 2.19 bits per heavy atom. The third-order valence-corrected chi connectivity index (χ3v) is 1.82. The van der Waals surface area contributed by atoms with E-state index in [9.17, 15) is 0 Å². The summed E-state index contributed by atoms with van der Waals surface area (Å²) >= 11 is 0. The predicted octanol–water partition coefficient (Wildman–Crippen LogP) is 0.783. The Hall–Kier alpha value is -1.74. The molecule has 0 spiro atoms. The van der Waals surface area contributed by atoms with Crippen molar-refractivity contribution in [3.8, 4) is 6.07 Å². The number of nitrogens with zero attached hydrogens (tertiary/aromatic N) is 2. The summed E-state index contributed by atoms with van der Waals surface area (Å²) < 4.78 is 9.98. The second kappa shape index (κ2) is 7.54. The quantitative estimate of drug-likeness (QED) is 0.556. The summed E-state index contributed by atoms with van der Waals surface area (Å²) in [6, 6.07) is 5.69. The van der Waals surface area contributed by atoms with Crippen LogP contribution in [0.2, 0.25) is 0 Å². The van der Waals surface area contributed by atoms with E-state index in [0.29, 0.717) is 5.57 Å². The van der Waals surface area contributed by atoms with Gasteiger partial charge in [0.05, 0.1) is 5.57 Å². The Kier molecular flexibility index (Phi) is 6.72. The number of hydrogen-bond acceptors (Lipinski definition) is 4. The van der Waals surface area contributed by atoms with E-state index >= 15 is 0 Å². The zero-order valence-corrected chi connectivity index (χ0v) is 9.18. The van der Waals surface area contributed by atoms with Crippen molar-refractivity contribution in [2.24, 2.45) is 0 Å². The van der Waals surface area contributed by atoms with Gasteiger partial charge in [-0.05, 0) is 17.7 Å². The minimum atomic E-state index is -0.629. The smallest absolute Gasteiger partial charge is 0.193 e.